The van der Waals surface area contributed by atoms with Gasteiger partial charge in [-0.15, -0.1) is 0 Å². The Bertz CT molecular complexity index is 523. The summed E-state index contributed by atoms with van der Waals surface area (Å²) in [6.07, 6.45) is 1.87. The molecule has 0 radical (unpaired) electrons. The lowest BCUT2D eigenvalue weighted by atomic mass is 10.2. The van der Waals surface area contributed by atoms with Crippen molar-refractivity contribution < 1.29 is 0 Å². The maximum absolute atomic E-state index is 5.86. The molecule has 0 bridgehead atoms. The topological polar surface area (TPSA) is 66.0 Å². The second kappa shape index (κ2) is 4.03. The Balaban J connectivity index is 2.09. The molecule has 0 saturated heterocycles. The first-order chi connectivity index (χ1) is 8.27. The maximum atomic E-state index is 5.86. The highest BCUT2D eigenvalue weighted by Crippen LogP contribution is 2.41. The fraction of sp³-hybridized carbons (Fsp3) is 0.273. The molecule has 2 aliphatic heterocycles. The number of rotatable bonds is 0. The third-order valence-corrected chi connectivity index (χ3v) is 3.65. The van der Waals surface area contributed by atoms with Crippen LogP contribution in [0.1, 0.15) is 0 Å². The first-order valence-corrected chi connectivity index (χ1v) is 6.23. The molecule has 3 N–H and O–H groups in total. The van der Waals surface area contributed by atoms with Crippen LogP contribution in [0.3, 0.4) is 0 Å². The molecule has 2 heterocycles. The summed E-state index contributed by atoms with van der Waals surface area (Å²) in [5.74, 6) is 0.911. The van der Waals surface area contributed by atoms with Gasteiger partial charge >= 0.3 is 0 Å². The standard InChI is InChI=1S/C11H12BrN5/c12-9-7(13)1-2-8-10(9)14-5-6-17(8)11-15-3-4-16-11/h1-2,5H,3-4,6,13H2,(H,15,16). The molecule has 0 saturated carbocycles. The Kier molecular flexibility index (Phi) is 2.51. The molecule has 3 rings (SSSR count). The molecule has 0 atom stereocenters. The van der Waals surface area contributed by atoms with Crippen molar-refractivity contribution in [1.82, 2.24) is 5.32 Å². The highest BCUT2D eigenvalue weighted by atomic mass is 79.9. The van der Waals surface area contributed by atoms with Crippen molar-refractivity contribution in [3.63, 3.8) is 0 Å². The molecule has 0 spiro atoms. The van der Waals surface area contributed by atoms with Crippen LogP contribution in [0.25, 0.3) is 0 Å². The monoisotopic (exact) mass is 293 g/mol. The lowest BCUT2D eigenvalue weighted by Gasteiger charge is -2.27. The number of hydrogen-bond donors (Lipinski definition) is 2. The third-order valence-electron chi connectivity index (χ3n) is 2.81. The number of nitrogens with zero attached hydrogens (tertiary/aromatic N) is 3. The zero-order chi connectivity index (χ0) is 11.8. The number of nitrogens with one attached hydrogen (secondary N) is 1. The SMILES string of the molecule is Nc1ccc2c(c1Br)N=CCN2C1=NCCN1. The van der Waals surface area contributed by atoms with Gasteiger partial charge in [-0.3, -0.25) is 9.98 Å². The normalized spacial score (nSPS) is 17.7. The van der Waals surface area contributed by atoms with E-state index in [0.29, 0.717) is 5.69 Å². The van der Waals surface area contributed by atoms with Crippen LogP contribution in [0, 0.1) is 0 Å². The van der Waals surface area contributed by atoms with Crippen LogP contribution in [-0.2, 0) is 0 Å². The van der Waals surface area contributed by atoms with Gasteiger partial charge in [0.2, 0.25) is 0 Å². The van der Waals surface area contributed by atoms with Gasteiger partial charge in [-0.1, -0.05) is 0 Å². The molecule has 0 unspecified atom stereocenters. The van der Waals surface area contributed by atoms with E-state index in [0.717, 1.165) is 41.4 Å². The van der Waals surface area contributed by atoms with Crippen molar-refractivity contribution in [3.05, 3.63) is 16.6 Å². The number of nitrogen functional groups attached to an aromatic ring is 1. The molecular formula is C11H12BrN5. The smallest absolute Gasteiger partial charge is 0.199 e. The fourth-order valence-electron chi connectivity index (χ4n) is 1.99. The summed E-state index contributed by atoms with van der Waals surface area (Å²) < 4.78 is 0.842. The van der Waals surface area contributed by atoms with Crippen molar-refractivity contribution in [3.8, 4) is 0 Å². The van der Waals surface area contributed by atoms with Crippen molar-refractivity contribution in [2.24, 2.45) is 9.98 Å². The van der Waals surface area contributed by atoms with E-state index in [9.17, 15) is 0 Å². The average molecular weight is 294 g/mol. The van der Waals surface area contributed by atoms with Crippen LogP contribution < -0.4 is 16.0 Å². The Morgan fingerprint density at radius 1 is 1.41 bits per heavy atom. The van der Waals surface area contributed by atoms with E-state index in [1.807, 2.05) is 18.3 Å². The molecule has 17 heavy (non-hydrogen) atoms. The van der Waals surface area contributed by atoms with E-state index in [2.05, 4.69) is 36.1 Å². The van der Waals surface area contributed by atoms with Crippen LogP contribution in [0.5, 0.6) is 0 Å². The minimum Gasteiger partial charge on any atom is -0.398 e. The number of benzene rings is 1. The summed E-state index contributed by atoms with van der Waals surface area (Å²) in [6, 6.07) is 3.86. The van der Waals surface area contributed by atoms with E-state index < -0.39 is 0 Å². The summed E-state index contributed by atoms with van der Waals surface area (Å²) in [5, 5.41) is 3.27. The number of fused-ring (bicyclic) bond motifs is 1. The van der Waals surface area contributed by atoms with Crippen molar-refractivity contribution >= 4 is 45.2 Å². The predicted octanol–water partition coefficient (Wildman–Crippen LogP) is 1.51. The van der Waals surface area contributed by atoms with Crippen molar-refractivity contribution in [1.29, 1.82) is 0 Å². The van der Waals surface area contributed by atoms with Crippen LogP contribution >= 0.6 is 15.9 Å². The second-order valence-corrected chi connectivity index (χ2v) is 4.68. The van der Waals surface area contributed by atoms with E-state index >= 15 is 0 Å². The Hall–Kier alpha value is -1.56. The lowest BCUT2D eigenvalue weighted by molar-refractivity contribution is 0.947. The summed E-state index contributed by atoms with van der Waals surface area (Å²) in [4.78, 5) is 10.9. The van der Waals surface area contributed by atoms with Gasteiger partial charge in [0.15, 0.2) is 5.96 Å². The van der Waals surface area contributed by atoms with Gasteiger partial charge in [0.25, 0.3) is 0 Å². The molecule has 0 amide bonds. The van der Waals surface area contributed by atoms with E-state index in [1.54, 1.807) is 0 Å². The van der Waals surface area contributed by atoms with E-state index in [-0.39, 0.29) is 0 Å². The molecule has 0 aromatic heterocycles. The molecular weight excluding hydrogens is 282 g/mol. The van der Waals surface area contributed by atoms with Crippen molar-refractivity contribution in [2.45, 2.75) is 0 Å². The summed E-state index contributed by atoms with van der Waals surface area (Å²) in [5.41, 5.74) is 8.45. The van der Waals surface area contributed by atoms with Gasteiger partial charge in [-0.2, -0.15) is 0 Å². The molecule has 6 heteroatoms. The average Bonchev–Trinajstić information content (AvgIpc) is 2.87. The highest BCUT2D eigenvalue weighted by molar-refractivity contribution is 9.10. The van der Waals surface area contributed by atoms with Crippen LogP contribution in [-0.4, -0.2) is 31.8 Å². The molecule has 5 nitrogen and oxygen atoms in total. The number of guanidine groups is 1. The summed E-state index contributed by atoms with van der Waals surface area (Å²) in [6.45, 7) is 2.46. The summed E-state index contributed by atoms with van der Waals surface area (Å²) >= 11 is 3.48. The minimum atomic E-state index is 0.698. The highest BCUT2D eigenvalue weighted by Gasteiger charge is 2.23. The van der Waals surface area contributed by atoms with Gasteiger partial charge in [0.1, 0.15) is 5.69 Å². The Labute approximate surface area is 108 Å². The van der Waals surface area contributed by atoms with E-state index in [1.165, 1.54) is 0 Å². The van der Waals surface area contributed by atoms with Gasteiger partial charge in [0, 0.05) is 18.4 Å². The number of nitrogens with two attached hydrogens (primary N) is 1. The maximum Gasteiger partial charge on any atom is 0.199 e. The lowest BCUT2D eigenvalue weighted by Crippen LogP contribution is -2.41. The fourth-order valence-corrected chi connectivity index (χ4v) is 2.43. The second-order valence-electron chi connectivity index (χ2n) is 3.89. The van der Waals surface area contributed by atoms with Gasteiger partial charge in [-0.25, -0.2) is 0 Å². The molecule has 2 aliphatic rings. The quantitative estimate of drug-likeness (QED) is 0.713. The zero-order valence-corrected chi connectivity index (χ0v) is 10.7. The molecule has 88 valence electrons. The number of aliphatic imine (C=N–C) groups is 2. The number of halogens is 1. The van der Waals surface area contributed by atoms with E-state index in [4.69, 9.17) is 5.73 Å². The van der Waals surface area contributed by atoms with Crippen LogP contribution in [0.2, 0.25) is 0 Å². The van der Waals surface area contributed by atoms with Gasteiger partial charge < -0.3 is 16.0 Å². The van der Waals surface area contributed by atoms with Crippen LogP contribution in [0.15, 0.2) is 26.6 Å². The minimum absolute atomic E-state index is 0.698. The van der Waals surface area contributed by atoms with Crippen molar-refractivity contribution in [2.75, 3.05) is 30.3 Å². The summed E-state index contributed by atoms with van der Waals surface area (Å²) in [7, 11) is 0. The largest absolute Gasteiger partial charge is 0.398 e. The number of hydrogen-bond acceptors (Lipinski definition) is 5. The Morgan fingerprint density at radius 2 is 2.29 bits per heavy atom. The predicted molar refractivity (Wildman–Crippen MR) is 74.4 cm³/mol. The first kappa shape index (κ1) is 10.6. The number of anilines is 2. The van der Waals surface area contributed by atoms with Crippen LogP contribution in [0.4, 0.5) is 17.1 Å². The molecule has 0 aliphatic carbocycles. The van der Waals surface area contributed by atoms with Gasteiger partial charge in [-0.05, 0) is 28.1 Å². The molecule has 0 fully saturated rings. The van der Waals surface area contributed by atoms with Gasteiger partial charge in [0.05, 0.1) is 23.2 Å². The molecule has 1 aromatic rings. The first-order valence-electron chi connectivity index (χ1n) is 5.44. The third kappa shape index (κ3) is 1.68. The Morgan fingerprint density at radius 3 is 3.06 bits per heavy atom. The zero-order valence-electron chi connectivity index (χ0n) is 9.15. The molecule has 1 aromatic carbocycles.